The van der Waals surface area contributed by atoms with Crippen molar-refractivity contribution in [3.8, 4) is 0 Å². The maximum atomic E-state index is 3.79. The molecule has 90 valence electrons. The van der Waals surface area contributed by atoms with E-state index in [-0.39, 0.29) is 0 Å². The summed E-state index contributed by atoms with van der Waals surface area (Å²) in [5.41, 5.74) is 0.708. The smallest absolute Gasteiger partial charge is 0.0481 e. The van der Waals surface area contributed by atoms with Crippen LogP contribution in [0.2, 0.25) is 0 Å². The van der Waals surface area contributed by atoms with Gasteiger partial charge in [-0.05, 0) is 68.7 Å². The largest absolute Gasteiger partial charge is 0.300 e. The molecule has 4 bridgehead atoms. The van der Waals surface area contributed by atoms with Crippen LogP contribution in [0.5, 0.6) is 0 Å². The summed E-state index contributed by atoms with van der Waals surface area (Å²) in [4.78, 5) is 2.46. The molecule has 5 aliphatic rings. The molecule has 1 unspecified atom stereocenters. The summed E-state index contributed by atoms with van der Waals surface area (Å²) >= 11 is 0. The molecule has 2 heteroatoms. The minimum absolute atomic E-state index is 0.708. The number of hydrogen-bond acceptors (Lipinski definition) is 2. The predicted molar refractivity (Wildman–Crippen MR) is 65.0 cm³/mol. The van der Waals surface area contributed by atoms with Crippen molar-refractivity contribution < 1.29 is 0 Å². The zero-order valence-electron chi connectivity index (χ0n) is 10.4. The second-order valence-electron chi connectivity index (χ2n) is 7.23. The van der Waals surface area contributed by atoms with E-state index in [2.05, 4.69) is 17.3 Å². The van der Waals surface area contributed by atoms with Crippen LogP contribution >= 0.6 is 0 Å². The van der Waals surface area contributed by atoms with Crippen LogP contribution in [-0.2, 0) is 0 Å². The molecule has 2 nitrogen and oxygen atoms in total. The van der Waals surface area contributed by atoms with Crippen LogP contribution in [0.15, 0.2) is 0 Å². The maximum Gasteiger partial charge on any atom is 0.0481 e. The van der Waals surface area contributed by atoms with E-state index in [0.717, 1.165) is 30.5 Å². The SMILES string of the molecule is CN1CNC(C23CC4CC(CC(C4)C2)C3)C1. The number of rotatable bonds is 1. The fourth-order valence-corrected chi connectivity index (χ4v) is 5.72. The molecule has 0 aromatic carbocycles. The third-order valence-electron chi connectivity index (χ3n) is 5.93. The fraction of sp³-hybridized carbons (Fsp3) is 1.00. The van der Waals surface area contributed by atoms with Crippen molar-refractivity contribution in [3.05, 3.63) is 0 Å². The van der Waals surface area contributed by atoms with Gasteiger partial charge in [0.1, 0.15) is 0 Å². The molecule has 1 heterocycles. The highest BCUT2D eigenvalue weighted by Crippen LogP contribution is 2.61. The Kier molecular flexibility index (Phi) is 2.00. The van der Waals surface area contributed by atoms with Crippen molar-refractivity contribution in [3.63, 3.8) is 0 Å². The third kappa shape index (κ3) is 1.32. The first-order valence-electron chi connectivity index (χ1n) is 7.15. The number of nitrogens with zero attached hydrogens (tertiary/aromatic N) is 1. The van der Waals surface area contributed by atoms with Gasteiger partial charge in [-0.25, -0.2) is 0 Å². The van der Waals surface area contributed by atoms with Gasteiger partial charge in [0.2, 0.25) is 0 Å². The summed E-state index contributed by atoms with van der Waals surface area (Å²) in [6.45, 7) is 2.42. The van der Waals surface area contributed by atoms with Crippen molar-refractivity contribution in [1.29, 1.82) is 0 Å². The predicted octanol–water partition coefficient (Wildman–Crippen LogP) is 2.06. The Morgan fingerprint density at radius 2 is 1.56 bits per heavy atom. The zero-order valence-corrected chi connectivity index (χ0v) is 10.4. The van der Waals surface area contributed by atoms with Crippen molar-refractivity contribution in [1.82, 2.24) is 10.2 Å². The molecular weight excluding hydrogens is 196 g/mol. The lowest BCUT2D eigenvalue weighted by Crippen LogP contribution is -2.55. The Bertz CT molecular complexity index is 264. The van der Waals surface area contributed by atoms with Gasteiger partial charge >= 0.3 is 0 Å². The van der Waals surface area contributed by atoms with E-state index >= 15 is 0 Å². The Labute approximate surface area is 98.8 Å². The quantitative estimate of drug-likeness (QED) is 0.728. The summed E-state index contributed by atoms with van der Waals surface area (Å²) in [5.74, 6) is 3.29. The monoisotopic (exact) mass is 220 g/mol. The van der Waals surface area contributed by atoms with Gasteiger partial charge in [-0.3, -0.25) is 10.2 Å². The average Bonchev–Trinajstić information content (AvgIpc) is 2.63. The minimum atomic E-state index is 0.708. The molecule has 5 fully saturated rings. The van der Waals surface area contributed by atoms with Gasteiger partial charge in [-0.1, -0.05) is 0 Å². The molecule has 1 aliphatic heterocycles. The van der Waals surface area contributed by atoms with Crippen LogP contribution in [0, 0.1) is 23.2 Å². The van der Waals surface area contributed by atoms with Crippen molar-refractivity contribution in [2.24, 2.45) is 23.2 Å². The van der Waals surface area contributed by atoms with Gasteiger partial charge < -0.3 is 0 Å². The van der Waals surface area contributed by atoms with Gasteiger partial charge in [0, 0.05) is 19.3 Å². The van der Waals surface area contributed by atoms with E-state index in [1.54, 1.807) is 38.5 Å². The van der Waals surface area contributed by atoms with E-state index < -0.39 is 0 Å². The molecule has 4 saturated carbocycles. The first-order valence-corrected chi connectivity index (χ1v) is 7.15. The van der Waals surface area contributed by atoms with E-state index in [1.165, 1.54) is 6.54 Å². The normalized spacial score (nSPS) is 56.1. The standard InChI is InChI=1S/C14H24N2/c1-16-8-13(15-9-16)14-5-10-2-11(6-14)4-12(3-10)7-14/h10-13,15H,2-9H2,1H3. The molecule has 0 aromatic rings. The van der Waals surface area contributed by atoms with Crippen LogP contribution in [0.4, 0.5) is 0 Å². The number of nitrogens with one attached hydrogen (secondary N) is 1. The molecular formula is C14H24N2. The summed E-state index contributed by atoms with van der Waals surface area (Å²) in [5, 5.41) is 3.79. The molecule has 0 amide bonds. The third-order valence-corrected chi connectivity index (χ3v) is 5.93. The summed E-state index contributed by atoms with van der Waals surface area (Å²) in [6, 6.07) is 0.811. The number of likely N-dealkylation sites (N-methyl/N-ethyl adjacent to an activating group) is 1. The molecule has 0 radical (unpaired) electrons. The van der Waals surface area contributed by atoms with Crippen molar-refractivity contribution in [2.45, 2.75) is 44.6 Å². The second-order valence-corrected chi connectivity index (χ2v) is 7.23. The molecule has 1 atom stereocenters. The lowest BCUT2D eigenvalue weighted by atomic mass is 9.48. The number of hydrogen-bond donors (Lipinski definition) is 1. The van der Waals surface area contributed by atoms with E-state index in [9.17, 15) is 0 Å². The van der Waals surface area contributed by atoms with Gasteiger partial charge in [0.05, 0.1) is 0 Å². The Hall–Kier alpha value is -0.0800. The topological polar surface area (TPSA) is 15.3 Å². The summed E-state index contributed by atoms with van der Waals surface area (Å²) < 4.78 is 0. The Morgan fingerprint density at radius 3 is 2.00 bits per heavy atom. The molecule has 1 N–H and O–H groups in total. The minimum Gasteiger partial charge on any atom is -0.300 e. The van der Waals surface area contributed by atoms with Gasteiger partial charge in [0.25, 0.3) is 0 Å². The van der Waals surface area contributed by atoms with E-state index in [1.807, 2.05) is 0 Å². The molecule has 0 aromatic heterocycles. The molecule has 4 aliphatic carbocycles. The lowest BCUT2D eigenvalue weighted by molar-refractivity contribution is -0.0691. The first-order chi connectivity index (χ1) is 7.73. The highest BCUT2D eigenvalue weighted by atomic mass is 15.3. The van der Waals surface area contributed by atoms with E-state index in [4.69, 9.17) is 0 Å². The van der Waals surface area contributed by atoms with E-state index in [0.29, 0.717) is 5.41 Å². The van der Waals surface area contributed by atoms with Gasteiger partial charge in [0.15, 0.2) is 0 Å². The average molecular weight is 220 g/mol. The fourth-order valence-electron chi connectivity index (χ4n) is 5.72. The maximum absolute atomic E-state index is 3.79. The summed E-state index contributed by atoms with van der Waals surface area (Å²) in [6.07, 6.45) is 9.35. The van der Waals surface area contributed by atoms with Gasteiger partial charge in [-0.2, -0.15) is 0 Å². The summed E-state index contributed by atoms with van der Waals surface area (Å²) in [7, 11) is 2.26. The molecule has 5 rings (SSSR count). The first kappa shape index (κ1) is 9.90. The van der Waals surface area contributed by atoms with Gasteiger partial charge in [-0.15, -0.1) is 0 Å². The van der Waals surface area contributed by atoms with Crippen molar-refractivity contribution >= 4 is 0 Å². The van der Waals surface area contributed by atoms with Crippen LogP contribution < -0.4 is 5.32 Å². The Balaban J connectivity index is 1.61. The Morgan fingerprint density at radius 1 is 1.00 bits per heavy atom. The highest BCUT2D eigenvalue weighted by molar-refractivity contribution is 5.07. The molecule has 0 spiro atoms. The molecule has 1 saturated heterocycles. The van der Waals surface area contributed by atoms with Crippen molar-refractivity contribution in [2.75, 3.05) is 20.3 Å². The van der Waals surface area contributed by atoms with Crippen LogP contribution in [0.1, 0.15) is 38.5 Å². The van der Waals surface area contributed by atoms with Crippen LogP contribution in [0.25, 0.3) is 0 Å². The zero-order chi connectivity index (χ0) is 10.8. The molecule has 16 heavy (non-hydrogen) atoms. The van der Waals surface area contributed by atoms with Crippen LogP contribution in [0.3, 0.4) is 0 Å². The second kappa shape index (κ2) is 3.23. The highest BCUT2D eigenvalue weighted by Gasteiger charge is 2.54. The lowest BCUT2D eigenvalue weighted by Gasteiger charge is -2.59. The van der Waals surface area contributed by atoms with Crippen LogP contribution in [-0.4, -0.2) is 31.2 Å².